The zero-order valence-corrected chi connectivity index (χ0v) is 21.2. The maximum Gasteiger partial charge on any atom is 0.307 e. The molecule has 5 heteroatoms. The van der Waals surface area contributed by atoms with Gasteiger partial charge in [-0.3, -0.25) is 14.2 Å². The number of carbonyl (C=O) groups is 1. The van der Waals surface area contributed by atoms with Gasteiger partial charge in [-0.05, 0) is 55.8 Å². The number of nitrogens with zero attached hydrogens (tertiary/aromatic N) is 1. The molecule has 3 rings (SSSR count). The number of hydrogen-bond donors (Lipinski definition) is 1. The van der Waals surface area contributed by atoms with E-state index in [1.165, 1.54) is 57.8 Å². The highest BCUT2D eigenvalue weighted by Crippen LogP contribution is 2.25. The van der Waals surface area contributed by atoms with Crippen molar-refractivity contribution in [3.05, 3.63) is 46.2 Å². The van der Waals surface area contributed by atoms with Gasteiger partial charge in [0.05, 0.1) is 5.52 Å². The van der Waals surface area contributed by atoms with Crippen LogP contribution in [0, 0.1) is 0 Å². The lowest BCUT2D eigenvalue weighted by atomic mass is 9.90. The first-order valence-electron chi connectivity index (χ1n) is 13.7. The number of rotatable bonds is 15. The van der Waals surface area contributed by atoms with E-state index in [9.17, 15) is 9.59 Å². The fourth-order valence-electron chi connectivity index (χ4n) is 5.05. The van der Waals surface area contributed by atoms with Gasteiger partial charge in [0.25, 0.3) is 5.56 Å². The predicted molar refractivity (Wildman–Crippen MR) is 140 cm³/mol. The molecule has 0 saturated carbocycles. The molecule has 0 bridgehead atoms. The van der Waals surface area contributed by atoms with Crippen LogP contribution >= 0.6 is 0 Å². The van der Waals surface area contributed by atoms with Crippen molar-refractivity contribution in [3.63, 3.8) is 0 Å². The van der Waals surface area contributed by atoms with Crippen molar-refractivity contribution >= 4 is 16.9 Å². The number of ether oxygens (including phenoxy) is 1. The van der Waals surface area contributed by atoms with E-state index in [4.69, 9.17) is 4.74 Å². The first kappa shape index (κ1) is 26.5. The second-order valence-corrected chi connectivity index (χ2v) is 9.85. The second-order valence-electron chi connectivity index (χ2n) is 9.85. The molecule has 1 fully saturated rings. The number of esters is 1. The molecule has 2 aromatic rings. The summed E-state index contributed by atoms with van der Waals surface area (Å²) in [6.45, 7) is 4.12. The monoisotopic (exact) mass is 468 g/mol. The van der Waals surface area contributed by atoms with Crippen LogP contribution < -0.4 is 10.9 Å². The standard InChI is InChI=1S/C29H44N2O3/c1-2-3-4-5-6-7-8-9-10-11-12-17-28(32)34-23-31-27-16-14-13-15-25(27)22-26(29(31)33)24-18-20-30-21-19-24/h13-16,22,24,30H,2-12,17-21,23H2,1H3. The number of para-hydroxylation sites is 1. The highest BCUT2D eigenvalue weighted by molar-refractivity contribution is 5.79. The first-order chi connectivity index (χ1) is 16.7. The van der Waals surface area contributed by atoms with E-state index < -0.39 is 0 Å². The number of aromatic nitrogens is 1. The summed E-state index contributed by atoms with van der Waals surface area (Å²) in [5.41, 5.74) is 1.65. The summed E-state index contributed by atoms with van der Waals surface area (Å²) in [7, 11) is 0. The highest BCUT2D eigenvalue weighted by Gasteiger charge is 2.21. The van der Waals surface area contributed by atoms with Crippen molar-refractivity contribution in [2.45, 2.75) is 109 Å². The topological polar surface area (TPSA) is 60.3 Å². The average molecular weight is 469 g/mol. The number of piperidine rings is 1. The van der Waals surface area contributed by atoms with Gasteiger partial charge in [0, 0.05) is 12.0 Å². The molecule has 1 aliphatic heterocycles. The molecule has 0 aliphatic carbocycles. The fourth-order valence-corrected chi connectivity index (χ4v) is 5.05. The summed E-state index contributed by atoms with van der Waals surface area (Å²) < 4.78 is 7.21. The van der Waals surface area contributed by atoms with E-state index in [2.05, 4.69) is 12.2 Å². The minimum Gasteiger partial charge on any atom is -0.444 e. The number of unbranched alkanes of at least 4 members (excludes halogenated alkanes) is 10. The van der Waals surface area contributed by atoms with E-state index >= 15 is 0 Å². The van der Waals surface area contributed by atoms with E-state index in [-0.39, 0.29) is 24.2 Å². The van der Waals surface area contributed by atoms with E-state index in [0.29, 0.717) is 6.42 Å². The van der Waals surface area contributed by atoms with Crippen LogP contribution in [-0.4, -0.2) is 23.6 Å². The van der Waals surface area contributed by atoms with Crippen LogP contribution in [0.25, 0.3) is 10.9 Å². The first-order valence-corrected chi connectivity index (χ1v) is 13.7. The Morgan fingerprint density at radius 2 is 1.56 bits per heavy atom. The molecule has 1 aromatic carbocycles. The number of hydrogen-bond acceptors (Lipinski definition) is 4. The van der Waals surface area contributed by atoms with E-state index in [0.717, 1.165) is 55.2 Å². The summed E-state index contributed by atoms with van der Waals surface area (Å²) in [5, 5.41) is 4.39. The molecule has 188 valence electrons. The third kappa shape index (κ3) is 8.26. The van der Waals surface area contributed by atoms with Crippen molar-refractivity contribution in [3.8, 4) is 0 Å². The number of pyridine rings is 1. The second kappa shape index (κ2) is 15.0. The summed E-state index contributed by atoms with van der Waals surface area (Å²) in [6, 6.07) is 9.91. The third-order valence-corrected chi connectivity index (χ3v) is 7.15. The van der Waals surface area contributed by atoms with E-state index in [1.54, 1.807) is 4.57 Å². The van der Waals surface area contributed by atoms with Gasteiger partial charge in [-0.1, -0.05) is 89.3 Å². The van der Waals surface area contributed by atoms with Crippen molar-refractivity contribution in [2.24, 2.45) is 0 Å². The molecule has 1 saturated heterocycles. The average Bonchev–Trinajstić information content (AvgIpc) is 2.87. The minimum atomic E-state index is -0.209. The van der Waals surface area contributed by atoms with Gasteiger partial charge >= 0.3 is 5.97 Å². The number of benzene rings is 1. The highest BCUT2D eigenvalue weighted by atomic mass is 16.5. The van der Waals surface area contributed by atoms with Gasteiger partial charge in [0.1, 0.15) is 0 Å². The van der Waals surface area contributed by atoms with Crippen LogP contribution in [-0.2, 0) is 16.3 Å². The maximum atomic E-state index is 13.3. The molecule has 1 aromatic heterocycles. The van der Waals surface area contributed by atoms with Gasteiger partial charge in [-0.25, -0.2) is 0 Å². The van der Waals surface area contributed by atoms with Crippen molar-refractivity contribution in [1.82, 2.24) is 9.88 Å². The van der Waals surface area contributed by atoms with Crippen molar-refractivity contribution < 1.29 is 9.53 Å². The quantitative estimate of drug-likeness (QED) is 0.234. The van der Waals surface area contributed by atoms with Crippen LogP contribution in [0.2, 0.25) is 0 Å². The predicted octanol–water partition coefficient (Wildman–Crippen LogP) is 6.67. The SMILES string of the molecule is CCCCCCCCCCCCCC(=O)OCn1c(=O)c(C2CCNCC2)cc2ccccc21. The lowest BCUT2D eigenvalue weighted by Gasteiger charge is -2.23. The summed E-state index contributed by atoms with van der Waals surface area (Å²) in [5.74, 6) is 0.0517. The molecule has 0 amide bonds. The Bertz CT molecular complexity index is 931. The lowest BCUT2D eigenvalue weighted by molar-refractivity contribution is -0.147. The Hall–Kier alpha value is -2.14. The van der Waals surface area contributed by atoms with Gasteiger partial charge < -0.3 is 10.1 Å². The van der Waals surface area contributed by atoms with Crippen LogP contribution in [0.4, 0.5) is 0 Å². The zero-order valence-electron chi connectivity index (χ0n) is 21.2. The van der Waals surface area contributed by atoms with E-state index in [1.807, 2.05) is 30.3 Å². The largest absolute Gasteiger partial charge is 0.444 e. The molecule has 34 heavy (non-hydrogen) atoms. The summed E-state index contributed by atoms with van der Waals surface area (Å²) >= 11 is 0. The number of fused-ring (bicyclic) bond motifs is 1. The third-order valence-electron chi connectivity index (χ3n) is 7.15. The number of carbonyl (C=O) groups excluding carboxylic acids is 1. The molecule has 1 N–H and O–H groups in total. The van der Waals surface area contributed by atoms with Crippen LogP contribution in [0.3, 0.4) is 0 Å². The van der Waals surface area contributed by atoms with Gasteiger partial charge in [-0.15, -0.1) is 0 Å². The molecular weight excluding hydrogens is 424 g/mol. The Balaban J connectivity index is 1.43. The Morgan fingerprint density at radius 1 is 0.941 bits per heavy atom. The molecule has 0 radical (unpaired) electrons. The molecule has 2 heterocycles. The summed E-state index contributed by atoms with van der Waals surface area (Å²) in [4.78, 5) is 25.7. The number of nitrogens with one attached hydrogen (secondary N) is 1. The van der Waals surface area contributed by atoms with Crippen LogP contribution in [0.15, 0.2) is 35.1 Å². The zero-order chi connectivity index (χ0) is 24.0. The molecular formula is C29H44N2O3. The fraction of sp³-hybridized carbons (Fsp3) is 0.655. The van der Waals surface area contributed by atoms with Gasteiger partial charge in [0.2, 0.25) is 0 Å². The van der Waals surface area contributed by atoms with Crippen molar-refractivity contribution in [2.75, 3.05) is 13.1 Å². The lowest BCUT2D eigenvalue weighted by Crippen LogP contribution is -2.32. The Morgan fingerprint density at radius 3 is 2.24 bits per heavy atom. The van der Waals surface area contributed by atoms with Gasteiger partial charge in [-0.2, -0.15) is 0 Å². The van der Waals surface area contributed by atoms with Crippen LogP contribution in [0.1, 0.15) is 108 Å². The molecule has 0 unspecified atom stereocenters. The molecule has 0 atom stereocenters. The smallest absolute Gasteiger partial charge is 0.307 e. The molecule has 0 spiro atoms. The molecule has 5 nitrogen and oxygen atoms in total. The van der Waals surface area contributed by atoms with Crippen molar-refractivity contribution in [1.29, 1.82) is 0 Å². The maximum absolute atomic E-state index is 13.3. The normalized spacial score (nSPS) is 14.5. The van der Waals surface area contributed by atoms with Crippen LogP contribution in [0.5, 0.6) is 0 Å². The Labute approximate surface area is 205 Å². The minimum absolute atomic E-state index is 0.00494. The summed E-state index contributed by atoms with van der Waals surface area (Å²) in [6.07, 6.45) is 16.2. The molecule has 1 aliphatic rings. The van der Waals surface area contributed by atoms with Gasteiger partial charge in [0.15, 0.2) is 6.73 Å². The Kier molecular flexibility index (Phi) is 11.7.